The number of piperidine rings is 1. The SMILES string of the molecule is CCN[C@@H](CC(C)C)C(=O)N1CCCC[C@@H]1C(=O)O. The monoisotopic (exact) mass is 270 g/mol. The fraction of sp³-hybridized carbons (Fsp3) is 0.857. The van der Waals surface area contributed by atoms with E-state index < -0.39 is 12.0 Å². The van der Waals surface area contributed by atoms with E-state index in [1.807, 2.05) is 6.92 Å². The number of carbonyl (C=O) groups is 2. The second-order valence-electron chi connectivity index (χ2n) is 5.62. The Balaban J connectivity index is 2.77. The minimum atomic E-state index is -0.882. The summed E-state index contributed by atoms with van der Waals surface area (Å²) >= 11 is 0. The van der Waals surface area contributed by atoms with Gasteiger partial charge in [-0.25, -0.2) is 4.79 Å². The highest BCUT2D eigenvalue weighted by Gasteiger charge is 2.35. The molecule has 0 aromatic rings. The number of carboxylic acid groups (broad SMARTS) is 1. The lowest BCUT2D eigenvalue weighted by Gasteiger charge is -2.36. The summed E-state index contributed by atoms with van der Waals surface area (Å²) in [5.74, 6) is -0.531. The van der Waals surface area contributed by atoms with Crippen molar-refractivity contribution in [3.8, 4) is 0 Å². The Kier molecular flexibility index (Phi) is 6.28. The van der Waals surface area contributed by atoms with Gasteiger partial charge in [0.2, 0.25) is 5.91 Å². The molecule has 2 N–H and O–H groups in total. The molecule has 5 nitrogen and oxygen atoms in total. The second kappa shape index (κ2) is 7.48. The van der Waals surface area contributed by atoms with Crippen LogP contribution >= 0.6 is 0 Å². The molecule has 5 heteroatoms. The normalized spacial score (nSPS) is 21.5. The summed E-state index contributed by atoms with van der Waals surface area (Å²) in [6.45, 7) is 7.39. The Bertz CT molecular complexity index is 318. The number of likely N-dealkylation sites (N-methyl/N-ethyl adjacent to an activating group) is 1. The Morgan fingerprint density at radius 2 is 2.05 bits per heavy atom. The van der Waals surface area contributed by atoms with E-state index in [9.17, 15) is 14.7 Å². The van der Waals surface area contributed by atoms with Crippen LogP contribution < -0.4 is 5.32 Å². The third-order valence-corrected chi connectivity index (χ3v) is 3.53. The summed E-state index contributed by atoms with van der Waals surface area (Å²) < 4.78 is 0. The van der Waals surface area contributed by atoms with Crippen LogP contribution in [0.3, 0.4) is 0 Å². The van der Waals surface area contributed by atoms with E-state index in [-0.39, 0.29) is 11.9 Å². The van der Waals surface area contributed by atoms with E-state index >= 15 is 0 Å². The molecule has 0 saturated carbocycles. The number of nitrogens with zero attached hydrogens (tertiary/aromatic N) is 1. The van der Waals surface area contributed by atoms with Gasteiger partial charge in [-0.3, -0.25) is 4.79 Å². The van der Waals surface area contributed by atoms with Crippen LogP contribution in [0.15, 0.2) is 0 Å². The van der Waals surface area contributed by atoms with Crippen LogP contribution in [0, 0.1) is 5.92 Å². The summed E-state index contributed by atoms with van der Waals surface area (Å²) in [7, 11) is 0. The fourth-order valence-electron chi connectivity index (χ4n) is 2.64. The van der Waals surface area contributed by atoms with E-state index in [0.29, 0.717) is 25.4 Å². The van der Waals surface area contributed by atoms with Gasteiger partial charge in [0.15, 0.2) is 0 Å². The van der Waals surface area contributed by atoms with Crippen LogP contribution in [0.2, 0.25) is 0 Å². The van der Waals surface area contributed by atoms with E-state index in [0.717, 1.165) is 19.3 Å². The number of hydrogen-bond donors (Lipinski definition) is 2. The zero-order valence-electron chi connectivity index (χ0n) is 12.2. The first-order valence-corrected chi connectivity index (χ1v) is 7.24. The van der Waals surface area contributed by atoms with Gasteiger partial charge < -0.3 is 15.3 Å². The van der Waals surface area contributed by atoms with Gasteiger partial charge in [-0.05, 0) is 38.1 Å². The smallest absolute Gasteiger partial charge is 0.326 e. The molecule has 0 spiro atoms. The lowest BCUT2D eigenvalue weighted by Crippen LogP contribution is -2.54. The average molecular weight is 270 g/mol. The highest BCUT2D eigenvalue weighted by molar-refractivity contribution is 5.87. The number of nitrogens with one attached hydrogen (secondary N) is 1. The van der Waals surface area contributed by atoms with Gasteiger partial charge in [-0.15, -0.1) is 0 Å². The van der Waals surface area contributed by atoms with Crippen molar-refractivity contribution in [2.45, 2.75) is 58.5 Å². The maximum atomic E-state index is 12.5. The molecule has 0 unspecified atom stereocenters. The minimum Gasteiger partial charge on any atom is -0.480 e. The summed E-state index contributed by atoms with van der Waals surface area (Å²) in [5.41, 5.74) is 0. The average Bonchev–Trinajstić information content (AvgIpc) is 2.37. The van der Waals surface area contributed by atoms with Gasteiger partial charge in [0.25, 0.3) is 0 Å². The zero-order valence-corrected chi connectivity index (χ0v) is 12.2. The van der Waals surface area contributed by atoms with Crippen molar-refractivity contribution in [2.75, 3.05) is 13.1 Å². The summed E-state index contributed by atoms with van der Waals surface area (Å²) in [4.78, 5) is 25.4. The van der Waals surface area contributed by atoms with Crippen LogP contribution in [0.5, 0.6) is 0 Å². The van der Waals surface area contributed by atoms with E-state index in [1.54, 1.807) is 4.90 Å². The summed E-state index contributed by atoms with van der Waals surface area (Å²) in [6.07, 6.45) is 3.10. The van der Waals surface area contributed by atoms with Crippen molar-refractivity contribution in [1.82, 2.24) is 10.2 Å². The molecule has 2 atom stereocenters. The molecule has 1 aliphatic heterocycles. The number of carboxylic acids is 1. The number of carbonyl (C=O) groups excluding carboxylic acids is 1. The molecule has 19 heavy (non-hydrogen) atoms. The van der Waals surface area contributed by atoms with Crippen molar-refractivity contribution in [2.24, 2.45) is 5.92 Å². The number of likely N-dealkylation sites (tertiary alicyclic amines) is 1. The van der Waals surface area contributed by atoms with Gasteiger partial charge in [0, 0.05) is 6.54 Å². The van der Waals surface area contributed by atoms with Gasteiger partial charge >= 0.3 is 5.97 Å². The second-order valence-corrected chi connectivity index (χ2v) is 5.62. The molecule has 1 fully saturated rings. The topological polar surface area (TPSA) is 69.6 Å². The maximum Gasteiger partial charge on any atom is 0.326 e. The van der Waals surface area contributed by atoms with Crippen molar-refractivity contribution in [1.29, 1.82) is 0 Å². The zero-order chi connectivity index (χ0) is 14.4. The number of amides is 1. The van der Waals surface area contributed by atoms with Gasteiger partial charge in [-0.1, -0.05) is 20.8 Å². The predicted molar refractivity (Wildman–Crippen MR) is 73.9 cm³/mol. The quantitative estimate of drug-likeness (QED) is 0.767. The van der Waals surface area contributed by atoms with Crippen molar-refractivity contribution >= 4 is 11.9 Å². The third kappa shape index (κ3) is 4.49. The van der Waals surface area contributed by atoms with Crippen LogP contribution in [0.4, 0.5) is 0 Å². The van der Waals surface area contributed by atoms with E-state index in [4.69, 9.17) is 0 Å². The Labute approximate surface area is 115 Å². The Hall–Kier alpha value is -1.10. The molecule has 0 bridgehead atoms. The van der Waals surface area contributed by atoms with Crippen molar-refractivity contribution in [3.05, 3.63) is 0 Å². The minimum absolute atomic E-state index is 0.0531. The first kappa shape index (κ1) is 16.0. The molecule has 0 aliphatic carbocycles. The molecule has 1 aliphatic rings. The molecule has 1 saturated heterocycles. The number of hydrogen-bond acceptors (Lipinski definition) is 3. The molecule has 110 valence electrons. The van der Waals surface area contributed by atoms with Crippen LogP contribution in [-0.4, -0.2) is 47.1 Å². The lowest BCUT2D eigenvalue weighted by atomic mass is 9.98. The third-order valence-electron chi connectivity index (χ3n) is 3.53. The lowest BCUT2D eigenvalue weighted by molar-refractivity contribution is -0.153. The molecule has 1 rings (SSSR count). The molecule has 0 aromatic carbocycles. The molecule has 1 amide bonds. The van der Waals surface area contributed by atoms with Crippen molar-refractivity contribution < 1.29 is 14.7 Å². The standard InChI is InChI=1S/C14H26N2O3/c1-4-15-11(9-10(2)3)13(17)16-8-6-5-7-12(16)14(18)19/h10-12,15H,4-9H2,1-3H3,(H,18,19)/t11-,12+/m0/s1. The largest absolute Gasteiger partial charge is 0.480 e. The first-order valence-electron chi connectivity index (χ1n) is 7.24. The van der Waals surface area contributed by atoms with Gasteiger partial charge in [-0.2, -0.15) is 0 Å². The maximum absolute atomic E-state index is 12.5. The van der Waals surface area contributed by atoms with E-state index in [1.165, 1.54) is 0 Å². The Morgan fingerprint density at radius 1 is 1.37 bits per heavy atom. The molecular formula is C14H26N2O3. The summed E-state index contributed by atoms with van der Waals surface area (Å²) in [5, 5.41) is 12.4. The molecule has 0 aromatic heterocycles. The highest BCUT2D eigenvalue weighted by Crippen LogP contribution is 2.19. The van der Waals surface area contributed by atoms with Crippen molar-refractivity contribution in [3.63, 3.8) is 0 Å². The molecular weight excluding hydrogens is 244 g/mol. The van der Waals surface area contributed by atoms with Gasteiger partial charge in [0.1, 0.15) is 6.04 Å². The summed E-state index contributed by atoms with van der Waals surface area (Å²) in [6, 6.07) is -0.903. The van der Waals surface area contributed by atoms with E-state index in [2.05, 4.69) is 19.2 Å². The first-order chi connectivity index (χ1) is 8.97. The van der Waals surface area contributed by atoms with Gasteiger partial charge in [0.05, 0.1) is 6.04 Å². The Morgan fingerprint density at radius 3 is 2.58 bits per heavy atom. The predicted octanol–water partition coefficient (Wildman–Crippen LogP) is 1.48. The fourth-order valence-corrected chi connectivity index (χ4v) is 2.64. The highest BCUT2D eigenvalue weighted by atomic mass is 16.4. The molecule has 1 heterocycles. The number of aliphatic carboxylic acids is 1. The van der Waals surface area contributed by atoms with Crippen LogP contribution in [0.1, 0.15) is 46.5 Å². The van der Waals surface area contributed by atoms with Crippen LogP contribution in [-0.2, 0) is 9.59 Å². The number of rotatable bonds is 6. The van der Waals surface area contributed by atoms with Crippen LogP contribution in [0.25, 0.3) is 0 Å². The molecule has 0 radical (unpaired) electrons.